The molecule has 130 valence electrons. The van der Waals surface area contributed by atoms with E-state index >= 15 is 0 Å². The normalized spacial score (nSPS) is 15.4. The van der Waals surface area contributed by atoms with Gasteiger partial charge in [0.05, 0.1) is 6.54 Å². The predicted octanol–water partition coefficient (Wildman–Crippen LogP) is 2.11. The molecular formula is C16H27IN4OS. The van der Waals surface area contributed by atoms with Crippen molar-refractivity contribution in [1.82, 2.24) is 9.80 Å². The summed E-state index contributed by atoms with van der Waals surface area (Å²) in [4.78, 5) is 8.81. The number of aliphatic imine (C=N–C) groups is 1. The Balaban J connectivity index is 0.00000264. The van der Waals surface area contributed by atoms with Crippen LogP contribution in [0.3, 0.4) is 0 Å². The summed E-state index contributed by atoms with van der Waals surface area (Å²) in [6, 6.07) is 8.04. The molecule has 5 nitrogen and oxygen atoms in total. The largest absolute Gasteiger partial charge is 0.492 e. The maximum atomic E-state index is 6.11. The molecule has 0 aromatic heterocycles. The van der Waals surface area contributed by atoms with Crippen LogP contribution in [0.25, 0.3) is 0 Å². The minimum Gasteiger partial charge on any atom is -0.492 e. The Bertz CT molecular complexity index is 493. The van der Waals surface area contributed by atoms with E-state index in [9.17, 15) is 0 Å². The van der Waals surface area contributed by atoms with Gasteiger partial charge in [0.15, 0.2) is 5.96 Å². The molecule has 1 aliphatic rings. The summed E-state index contributed by atoms with van der Waals surface area (Å²) in [5, 5.41) is 0. The lowest BCUT2D eigenvalue weighted by Crippen LogP contribution is -2.42. The van der Waals surface area contributed by atoms with Gasteiger partial charge < -0.3 is 20.3 Å². The molecule has 1 heterocycles. The summed E-state index contributed by atoms with van der Waals surface area (Å²) >= 11 is 1.97. The van der Waals surface area contributed by atoms with E-state index in [0.717, 1.165) is 42.5 Å². The molecule has 1 aromatic carbocycles. The quantitative estimate of drug-likeness (QED) is 0.409. The van der Waals surface area contributed by atoms with Gasteiger partial charge in [0.2, 0.25) is 0 Å². The second-order valence-corrected chi connectivity index (χ2v) is 6.76. The molecule has 0 bridgehead atoms. The Hall–Kier alpha value is -0.670. The van der Waals surface area contributed by atoms with Gasteiger partial charge in [-0.3, -0.25) is 0 Å². The molecule has 23 heavy (non-hydrogen) atoms. The van der Waals surface area contributed by atoms with Gasteiger partial charge in [-0.2, -0.15) is 11.8 Å². The number of benzene rings is 1. The van der Waals surface area contributed by atoms with Crippen molar-refractivity contribution in [2.24, 2.45) is 10.7 Å². The molecule has 1 saturated heterocycles. The summed E-state index contributed by atoms with van der Waals surface area (Å²) in [6.45, 7) is 4.10. The standard InChI is InChI=1S/C16H26N4OS.HI/c1-19(2)7-10-21-15-6-4-3-5-14(15)13-18-16(17)20-8-11-22-12-9-20;/h3-6H,7-13H2,1-2H3,(H2,17,18);1H. The summed E-state index contributed by atoms with van der Waals surface area (Å²) in [6.07, 6.45) is 0. The van der Waals surface area contributed by atoms with E-state index in [1.807, 2.05) is 50.1 Å². The highest BCUT2D eigenvalue weighted by molar-refractivity contribution is 14.0. The molecule has 0 radical (unpaired) electrons. The lowest BCUT2D eigenvalue weighted by atomic mass is 10.2. The number of ether oxygens (including phenoxy) is 1. The van der Waals surface area contributed by atoms with Gasteiger partial charge in [-0.25, -0.2) is 4.99 Å². The van der Waals surface area contributed by atoms with E-state index < -0.39 is 0 Å². The van der Waals surface area contributed by atoms with Crippen LogP contribution < -0.4 is 10.5 Å². The number of nitrogens with two attached hydrogens (primary N) is 1. The number of likely N-dealkylation sites (N-methyl/N-ethyl adjacent to an activating group) is 1. The summed E-state index contributed by atoms with van der Waals surface area (Å²) in [5.41, 5.74) is 7.18. The van der Waals surface area contributed by atoms with Gasteiger partial charge in [-0.1, -0.05) is 18.2 Å². The van der Waals surface area contributed by atoms with Crippen molar-refractivity contribution in [1.29, 1.82) is 0 Å². The summed E-state index contributed by atoms with van der Waals surface area (Å²) in [5.74, 6) is 3.79. The van der Waals surface area contributed by atoms with Gasteiger partial charge in [0, 0.05) is 36.7 Å². The van der Waals surface area contributed by atoms with E-state index in [0.29, 0.717) is 19.1 Å². The van der Waals surface area contributed by atoms with Crippen LogP contribution in [-0.2, 0) is 6.54 Å². The van der Waals surface area contributed by atoms with Crippen LogP contribution in [0.1, 0.15) is 5.56 Å². The summed E-state index contributed by atoms with van der Waals surface area (Å²) in [7, 11) is 4.08. The van der Waals surface area contributed by atoms with Gasteiger partial charge in [-0.15, -0.1) is 24.0 Å². The number of guanidine groups is 1. The molecule has 0 spiro atoms. The van der Waals surface area contributed by atoms with Crippen molar-refractivity contribution >= 4 is 41.7 Å². The highest BCUT2D eigenvalue weighted by atomic mass is 127. The van der Waals surface area contributed by atoms with Crippen LogP contribution in [0.4, 0.5) is 0 Å². The molecule has 2 rings (SSSR count). The predicted molar refractivity (Wildman–Crippen MR) is 110 cm³/mol. The van der Waals surface area contributed by atoms with Crippen molar-refractivity contribution in [3.8, 4) is 5.75 Å². The van der Waals surface area contributed by atoms with Crippen LogP contribution in [-0.4, -0.2) is 67.6 Å². The molecule has 0 atom stereocenters. The van der Waals surface area contributed by atoms with Gasteiger partial charge >= 0.3 is 0 Å². The van der Waals surface area contributed by atoms with Crippen molar-refractivity contribution in [3.05, 3.63) is 29.8 Å². The zero-order chi connectivity index (χ0) is 15.8. The zero-order valence-electron chi connectivity index (χ0n) is 13.9. The first kappa shape index (κ1) is 20.4. The fourth-order valence-electron chi connectivity index (χ4n) is 2.17. The first-order valence-electron chi connectivity index (χ1n) is 7.65. The number of rotatable bonds is 6. The zero-order valence-corrected chi connectivity index (χ0v) is 17.0. The number of nitrogens with zero attached hydrogens (tertiary/aromatic N) is 3. The minimum absolute atomic E-state index is 0. The van der Waals surface area contributed by atoms with Crippen LogP contribution >= 0.6 is 35.7 Å². The van der Waals surface area contributed by atoms with Crippen molar-refractivity contribution in [3.63, 3.8) is 0 Å². The van der Waals surface area contributed by atoms with Crippen LogP contribution in [0.2, 0.25) is 0 Å². The Kier molecular flexibility index (Phi) is 9.73. The minimum atomic E-state index is 0. The Morgan fingerprint density at radius 3 is 2.70 bits per heavy atom. The van der Waals surface area contributed by atoms with E-state index in [-0.39, 0.29) is 24.0 Å². The van der Waals surface area contributed by atoms with E-state index in [2.05, 4.69) is 14.8 Å². The Morgan fingerprint density at radius 2 is 2.00 bits per heavy atom. The van der Waals surface area contributed by atoms with E-state index in [1.165, 1.54) is 0 Å². The molecule has 1 aromatic rings. The van der Waals surface area contributed by atoms with E-state index in [1.54, 1.807) is 0 Å². The fraction of sp³-hybridized carbons (Fsp3) is 0.562. The topological polar surface area (TPSA) is 54.1 Å². The van der Waals surface area contributed by atoms with Crippen LogP contribution in [0.15, 0.2) is 29.3 Å². The smallest absolute Gasteiger partial charge is 0.191 e. The molecule has 0 unspecified atom stereocenters. The van der Waals surface area contributed by atoms with Crippen LogP contribution in [0, 0.1) is 0 Å². The number of halogens is 1. The van der Waals surface area contributed by atoms with Gasteiger partial charge in [0.1, 0.15) is 12.4 Å². The molecule has 0 amide bonds. The molecule has 0 aliphatic carbocycles. The lowest BCUT2D eigenvalue weighted by Gasteiger charge is -2.27. The third kappa shape index (κ3) is 7.17. The Labute approximate surface area is 160 Å². The van der Waals surface area contributed by atoms with Gasteiger partial charge in [0.25, 0.3) is 0 Å². The van der Waals surface area contributed by atoms with Gasteiger partial charge in [-0.05, 0) is 20.2 Å². The Morgan fingerprint density at radius 1 is 1.30 bits per heavy atom. The average molecular weight is 450 g/mol. The van der Waals surface area contributed by atoms with Crippen molar-refractivity contribution in [2.75, 3.05) is 51.8 Å². The summed E-state index contributed by atoms with van der Waals surface area (Å²) < 4.78 is 5.86. The third-order valence-corrected chi connectivity index (χ3v) is 4.46. The first-order chi connectivity index (χ1) is 10.7. The first-order valence-corrected chi connectivity index (χ1v) is 8.80. The van der Waals surface area contributed by atoms with E-state index in [4.69, 9.17) is 10.5 Å². The average Bonchev–Trinajstić information content (AvgIpc) is 2.54. The highest BCUT2D eigenvalue weighted by Crippen LogP contribution is 2.19. The molecule has 7 heteroatoms. The monoisotopic (exact) mass is 450 g/mol. The highest BCUT2D eigenvalue weighted by Gasteiger charge is 2.12. The lowest BCUT2D eigenvalue weighted by molar-refractivity contribution is 0.259. The van der Waals surface area contributed by atoms with Crippen LogP contribution in [0.5, 0.6) is 5.75 Å². The second kappa shape index (κ2) is 11.0. The molecule has 1 aliphatic heterocycles. The number of thioether (sulfide) groups is 1. The fourth-order valence-corrected chi connectivity index (χ4v) is 3.08. The molecule has 0 saturated carbocycles. The second-order valence-electron chi connectivity index (χ2n) is 5.53. The van der Waals surface area contributed by atoms with Crippen molar-refractivity contribution < 1.29 is 4.74 Å². The molecule has 1 fully saturated rings. The maximum absolute atomic E-state index is 6.11. The number of hydrogen-bond donors (Lipinski definition) is 1. The molecule has 2 N–H and O–H groups in total. The maximum Gasteiger partial charge on any atom is 0.191 e. The number of hydrogen-bond acceptors (Lipinski definition) is 4. The number of para-hydroxylation sites is 1. The SMILES string of the molecule is CN(C)CCOc1ccccc1CN=C(N)N1CCSCC1.I. The third-order valence-electron chi connectivity index (χ3n) is 3.52. The molecular weight excluding hydrogens is 423 g/mol. The van der Waals surface area contributed by atoms with Crippen molar-refractivity contribution in [2.45, 2.75) is 6.54 Å².